The van der Waals surface area contributed by atoms with Crippen LogP contribution in [0.5, 0.6) is 0 Å². The number of aliphatic hydroxyl groups excluding tert-OH is 2. The number of unbranched alkanes of at least 4 members (excludes halogenated alkanes) is 21. The van der Waals surface area contributed by atoms with Crippen molar-refractivity contribution in [3.05, 3.63) is 60.8 Å². The van der Waals surface area contributed by atoms with E-state index in [1.807, 2.05) is 6.08 Å². The fraction of sp³-hybridized carbons (Fsp3) is 0.771. The molecule has 338 valence electrons. The lowest BCUT2D eigenvalue weighted by Crippen LogP contribution is -2.46. The molecule has 9 nitrogen and oxygen atoms in total. The summed E-state index contributed by atoms with van der Waals surface area (Å²) in [5, 5.41) is 24.1. The van der Waals surface area contributed by atoms with Crippen LogP contribution in [0.2, 0.25) is 0 Å². The largest absolute Gasteiger partial charge is 0.472 e. The molecular formula is C48H89N2O7P. The lowest BCUT2D eigenvalue weighted by Gasteiger charge is -2.24. The zero-order valence-corrected chi connectivity index (χ0v) is 38.0. The van der Waals surface area contributed by atoms with Gasteiger partial charge in [0.25, 0.3) is 0 Å². The second-order valence-corrected chi connectivity index (χ2v) is 17.2. The number of carbonyl (C=O) groups is 1. The van der Waals surface area contributed by atoms with E-state index in [4.69, 9.17) is 14.8 Å². The van der Waals surface area contributed by atoms with Gasteiger partial charge in [0.1, 0.15) is 0 Å². The number of hydrogen-bond acceptors (Lipinski definition) is 7. The predicted octanol–water partition coefficient (Wildman–Crippen LogP) is 12.4. The van der Waals surface area contributed by atoms with Crippen LogP contribution in [0.3, 0.4) is 0 Å². The standard InChI is InChI=1S/C48H89N2O7P/c1-3-5-7-9-11-13-15-17-19-20-21-22-23-24-26-27-29-31-33-35-37-39-45(51)43-48(53)50-46(44-57-58(54,55)56-42-41-49)47(52)40-38-36-34-32-30-28-25-18-16-14-12-10-8-6-4-2/h16,18,21-22,24,26,30,32,38,40,45-47,51-52H,3-15,17,19-20,23,25,27-29,31,33-37,39,41-44,49H2,1-2H3,(H,50,53)(H,54,55)/b18-16+,22-21-,26-24-,32-30+,40-38+. The Kier molecular flexibility index (Phi) is 41.9. The van der Waals surface area contributed by atoms with Crippen LogP contribution in [0.25, 0.3) is 0 Å². The highest BCUT2D eigenvalue weighted by Gasteiger charge is 2.27. The molecule has 0 heterocycles. The summed E-state index contributed by atoms with van der Waals surface area (Å²) >= 11 is 0. The van der Waals surface area contributed by atoms with Crippen molar-refractivity contribution in [3.8, 4) is 0 Å². The number of phosphoric ester groups is 1. The minimum atomic E-state index is -4.42. The maximum atomic E-state index is 12.8. The van der Waals surface area contributed by atoms with Gasteiger partial charge >= 0.3 is 7.82 Å². The van der Waals surface area contributed by atoms with Crippen LogP contribution >= 0.6 is 7.82 Å². The summed E-state index contributed by atoms with van der Waals surface area (Å²) in [6, 6.07) is -1.01. The summed E-state index contributed by atoms with van der Waals surface area (Å²) in [5.74, 6) is -0.470. The molecule has 0 saturated heterocycles. The van der Waals surface area contributed by atoms with Gasteiger partial charge in [0.05, 0.1) is 37.9 Å². The maximum Gasteiger partial charge on any atom is 0.472 e. The number of nitrogens with two attached hydrogens (primary N) is 1. The van der Waals surface area contributed by atoms with E-state index in [0.29, 0.717) is 12.8 Å². The zero-order valence-electron chi connectivity index (χ0n) is 37.1. The number of nitrogens with one attached hydrogen (secondary N) is 1. The molecule has 0 aromatic carbocycles. The molecule has 0 saturated carbocycles. The fourth-order valence-corrected chi connectivity index (χ4v) is 7.29. The van der Waals surface area contributed by atoms with Crippen molar-refractivity contribution >= 4 is 13.7 Å². The number of rotatable bonds is 43. The first-order valence-electron chi connectivity index (χ1n) is 23.5. The number of phosphoric acid groups is 1. The normalized spacial score (nSPS) is 15.1. The van der Waals surface area contributed by atoms with Crippen LogP contribution in [0.1, 0.15) is 200 Å². The molecule has 0 rings (SSSR count). The molecule has 0 fully saturated rings. The highest BCUT2D eigenvalue weighted by atomic mass is 31.2. The molecule has 0 aromatic rings. The highest BCUT2D eigenvalue weighted by molar-refractivity contribution is 7.47. The first-order chi connectivity index (χ1) is 28.3. The zero-order chi connectivity index (χ0) is 42.6. The molecule has 4 unspecified atom stereocenters. The Morgan fingerprint density at radius 1 is 0.603 bits per heavy atom. The van der Waals surface area contributed by atoms with Crippen LogP contribution in [-0.4, -0.2) is 59.0 Å². The number of hydrogen-bond donors (Lipinski definition) is 5. The molecule has 6 N–H and O–H groups in total. The van der Waals surface area contributed by atoms with E-state index >= 15 is 0 Å². The first-order valence-corrected chi connectivity index (χ1v) is 25.0. The molecule has 0 spiro atoms. The van der Waals surface area contributed by atoms with Crippen LogP contribution in [0, 0.1) is 0 Å². The molecule has 0 aliphatic carbocycles. The highest BCUT2D eigenvalue weighted by Crippen LogP contribution is 2.43. The van der Waals surface area contributed by atoms with E-state index < -0.39 is 38.6 Å². The number of aliphatic hydroxyl groups is 2. The molecule has 4 atom stereocenters. The molecule has 58 heavy (non-hydrogen) atoms. The van der Waals surface area contributed by atoms with E-state index in [1.54, 1.807) is 6.08 Å². The third kappa shape index (κ3) is 40.9. The van der Waals surface area contributed by atoms with Gasteiger partial charge < -0.3 is 26.2 Å². The smallest absolute Gasteiger partial charge is 0.393 e. The van der Waals surface area contributed by atoms with Crippen molar-refractivity contribution in [2.75, 3.05) is 19.8 Å². The first kappa shape index (κ1) is 56.2. The van der Waals surface area contributed by atoms with Gasteiger partial charge in [0, 0.05) is 6.54 Å². The van der Waals surface area contributed by atoms with Gasteiger partial charge in [-0.25, -0.2) is 4.57 Å². The predicted molar refractivity (Wildman–Crippen MR) is 246 cm³/mol. The minimum absolute atomic E-state index is 0.0383. The van der Waals surface area contributed by atoms with Gasteiger partial charge in [-0.2, -0.15) is 0 Å². The summed E-state index contributed by atoms with van der Waals surface area (Å²) in [6.45, 7) is 3.92. The number of carbonyl (C=O) groups excluding carboxylic acids is 1. The average Bonchev–Trinajstić information content (AvgIpc) is 3.20. The van der Waals surface area contributed by atoms with Gasteiger partial charge in [-0.05, 0) is 77.0 Å². The summed E-state index contributed by atoms with van der Waals surface area (Å²) < 4.78 is 22.1. The Bertz CT molecular complexity index is 1110. The molecule has 0 bridgehead atoms. The van der Waals surface area contributed by atoms with Gasteiger partial charge in [-0.15, -0.1) is 0 Å². The quantitative estimate of drug-likeness (QED) is 0.0231. The molecule has 10 heteroatoms. The van der Waals surface area contributed by atoms with Crippen molar-refractivity contribution < 1.29 is 33.5 Å². The molecular weight excluding hydrogens is 748 g/mol. The van der Waals surface area contributed by atoms with E-state index in [9.17, 15) is 24.5 Å². The Morgan fingerprint density at radius 2 is 1.03 bits per heavy atom. The minimum Gasteiger partial charge on any atom is -0.393 e. The lowest BCUT2D eigenvalue weighted by molar-refractivity contribution is -0.124. The Labute approximate surface area is 356 Å². The Hall–Kier alpha value is -1.84. The van der Waals surface area contributed by atoms with Crippen LogP contribution in [0.4, 0.5) is 0 Å². The SMILES string of the molecule is CCCCCCC/C=C/CC/C=C/CC/C=C/C(O)C(COP(=O)(O)OCCN)NC(=O)CC(O)CCCCCCC/C=C\C/C=C\CCCCCCCCCCC. The molecule has 0 aliphatic heterocycles. The van der Waals surface area contributed by atoms with Crippen molar-refractivity contribution in [2.24, 2.45) is 5.73 Å². The second kappa shape index (κ2) is 43.3. The van der Waals surface area contributed by atoms with Crippen molar-refractivity contribution in [2.45, 2.75) is 218 Å². The van der Waals surface area contributed by atoms with E-state index in [0.717, 1.165) is 70.6 Å². The number of amides is 1. The van der Waals surface area contributed by atoms with Crippen LogP contribution in [0.15, 0.2) is 60.8 Å². The molecule has 0 aliphatic rings. The number of allylic oxidation sites excluding steroid dienone is 9. The van der Waals surface area contributed by atoms with E-state index in [1.165, 1.54) is 96.3 Å². The summed E-state index contributed by atoms with van der Waals surface area (Å²) in [7, 11) is -4.42. The van der Waals surface area contributed by atoms with Crippen LogP contribution < -0.4 is 11.1 Å². The van der Waals surface area contributed by atoms with Gasteiger partial charge in [-0.3, -0.25) is 13.8 Å². The molecule has 0 aromatic heterocycles. The van der Waals surface area contributed by atoms with Crippen LogP contribution in [-0.2, 0) is 18.4 Å². The van der Waals surface area contributed by atoms with Gasteiger partial charge in [0.15, 0.2) is 0 Å². The maximum absolute atomic E-state index is 12.8. The van der Waals surface area contributed by atoms with Crippen molar-refractivity contribution in [1.82, 2.24) is 5.32 Å². The van der Waals surface area contributed by atoms with E-state index in [2.05, 4.69) is 67.8 Å². The second-order valence-electron chi connectivity index (χ2n) is 15.8. The fourth-order valence-electron chi connectivity index (χ4n) is 6.53. The third-order valence-corrected chi connectivity index (χ3v) is 11.1. The average molecular weight is 837 g/mol. The topological polar surface area (TPSA) is 151 Å². The Balaban J connectivity index is 4.33. The van der Waals surface area contributed by atoms with Gasteiger partial charge in [-0.1, -0.05) is 177 Å². The van der Waals surface area contributed by atoms with Gasteiger partial charge in [0.2, 0.25) is 5.91 Å². The Morgan fingerprint density at radius 3 is 1.53 bits per heavy atom. The monoisotopic (exact) mass is 837 g/mol. The summed E-state index contributed by atoms with van der Waals surface area (Å²) in [4.78, 5) is 22.8. The molecule has 1 amide bonds. The van der Waals surface area contributed by atoms with Crippen molar-refractivity contribution in [3.63, 3.8) is 0 Å². The molecule has 0 radical (unpaired) electrons. The third-order valence-electron chi connectivity index (χ3n) is 10.1. The van der Waals surface area contributed by atoms with Crippen molar-refractivity contribution in [1.29, 1.82) is 0 Å². The van der Waals surface area contributed by atoms with E-state index in [-0.39, 0.29) is 19.6 Å². The lowest BCUT2D eigenvalue weighted by atomic mass is 10.0. The summed E-state index contributed by atoms with van der Waals surface area (Å²) in [6.07, 6.45) is 51.7. The summed E-state index contributed by atoms with van der Waals surface area (Å²) in [5.41, 5.74) is 5.36.